The number of amides is 1. The first kappa shape index (κ1) is 21.2. The van der Waals surface area contributed by atoms with Gasteiger partial charge in [0, 0.05) is 26.6 Å². The van der Waals surface area contributed by atoms with Crippen molar-refractivity contribution in [3.63, 3.8) is 0 Å². The molecule has 1 N–H and O–H groups in total. The van der Waals surface area contributed by atoms with E-state index >= 15 is 0 Å². The van der Waals surface area contributed by atoms with E-state index in [9.17, 15) is 10.1 Å². The maximum Gasteiger partial charge on any atom is 0.266 e. The Balaban J connectivity index is 1.94. The molecule has 146 valence electrons. The second-order valence-electron chi connectivity index (χ2n) is 6.39. The number of hydrogen-bond donors (Lipinski definition) is 1. The van der Waals surface area contributed by atoms with Gasteiger partial charge in [0.1, 0.15) is 11.6 Å². The first-order chi connectivity index (χ1) is 13.8. The quantitative estimate of drug-likeness (QED) is 0.327. The lowest BCUT2D eigenvalue weighted by molar-refractivity contribution is -0.112. The Morgan fingerprint density at radius 2 is 1.83 bits per heavy atom. The van der Waals surface area contributed by atoms with Gasteiger partial charge in [0.25, 0.3) is 5.91 Å². The lowest BCUT2D eigenvalue weighted by Gasteiger charge is -2.10. The summed E-state index contributed by atoms with van der Waals surface area (Å²) in [6.07, 6.45) is 1.57. The zero-order valence-corrected chi connectivity index (χ0v) is 18.7. The third-order valence-electron chi connectivity index (χ3n) is 4.40. The average molecular weight is 489 g/mol. The van der Waals surface area contributed by atoms with Crippen LogP contribution in [0.2, 0.25) is 10.0 Å². The summed E-state index contributed by atoms with van der Waals surface area (Å²) in [5.41, 5.74) is 4.02. The van der Waals surface area contributed by atoms with E-state index in [0.29, 0.717) is 15.7 Å². The predicted octanol–water partition coefficient (Wildman–Crippen LogP) is 6.71. The summed E-state index contributed by atoms with van der Waals surface area (Å²) in [7, 11) is 0. The normalized spacial score (nSPS) is 11.2. The number of aryl methyl sites for hydroxylation is 1. The van der Waals surface area contributed by atoms with Crippen molar-refractivity contribution in [1.82, 2.24) is 4.57 Å². The van der Waals surface area contributed by atoms with Gasteiger partial charge >= 0.3 is 0 Å². The Morgan fingerprint density at radius 3 is 2.48 bits per heavy atom. The molecule has 0 bridgehead atoms. The molecule has 0 aliphatic rings. The SMILES string of the molecule is Cc1cc(/C=C(\C#N)C(=O)Nc2cc(Cl)ccc2Cl)c(C)n1-c1ccc(Br)cc1. The minimum Gasteiger partial charge on any atom is -0.320 e. The summed E-state index contributed by atoms with van der Waals surface area (Å²) in [6.45, 7) is 3.92. The number of carbonyl (C=O) groups is 1. The van der Waals surface area contributed by atoms with E-state index in [1.807, 2.05) is 50.2 Å². The predicted molar refractivity (Wildman–Crippen MR) is 122 cm³/mol. The van der Waals surface area contributed by atoms with E-state index in [0.717, 1.165) is 27.1 Å². The highest BCUT2D eigenvalue weighted by atomic mass is 79.9. The lowest BCUT2D eigenvalue weighted by atomic mass is 10.1. The Bertz CT molecular complexity index is 1160. The van der Waals surface area contributed by atoms with Crippen molar-refractivity contribution in [2.45, 2.75) is 13.8 Å². The van der Waals surface area contributed by atoms with Crippen molar-refractivity contribution in [1.29, 1.82) is 5.26 Å². The van der Waals surface area contributed by atoms with Gasteiger partial charge in [-0.3, -0.25) is 4.79 Å². The third-order valence-corrected chi connectivity index (χ3v) is 5.49. The van der Waals surface area contributed by atoms with Crippen LogP contribution in [0.25, 0.3) is 11.8 Å². The number of benzene rings is 2. The van der Waals surface area contributed by atoms with Gasteiger partial charge in [0.2, 0.25) is 0 Å². The minimum absolute atomic E-state index is 0.0305. The maximum absolute atomic E-state index is 12.6. The molecule has 0 fully saturated rings. The fourth-order valence-corrected chi connectivity index (χ4v) is 3.61. The highest BCUT2D eigenvalue weighted by molar-refractivity contribution is 9.10. The molecule has 1 amide bonds. The molecule has 3 rings (SSSR count). The molecule has 7 heteroatoms. The molecule has 0 unspecified atom stereocenters. The maximum atomic E-state index is 12.6. The van der Waals surface area contributed by atoms with E-state index in [4.69, 9.17) is 23.2 Å². The first-order valence-corrected chi connectivity index (χ1v) is 10.2. The third kappa shape index (κ3) is 4.73. The molecule has 1 aromatic heterocycles. The van der Waals surface area contributed by atoms with Crippen LogP contribution in [-0.4, -0.2) is 10.5 Å². The molecule has 2 aromatic carbocycles. The summed E-state index contributed by atoms with van der Waals surface area (Å²) in [4.78, 5) is 12.6. The Labute approximate surface area is 187 Å². The second kappa shape index (κ2) is 8.87. The number of carbonyl (C=O) groups excluding carboxylic acids is 1. The number of nitriles is 1. The van der Waals surface area contributed by atoms with E-state index in [-0.39, 0.29) is 5.57 Å². The number of nitrogens with one attached hydrogen (secondary N) is 1. The highest BCUT2D eigenvalue weighted by Gasteiger charge is 2.15. The number of rotatable bonds is 4. The van der Waals surface area contributed by atoms with Gasteiger partial charge in [0.15, 0.2) is 0 Å². The summed E-state index contributed by atoms with van der Waals surface area (Å²) in [6, 6.07) is 16.6. The van der Waals surface area contributed by atoms with E-state index in [2.05, 4.69) is 25.8 Å². The molecule has 1 heterocycles. The zero-order valence-electron chi connectivity index (χ0n) is 15.6. The van der Waals surface area contributed by atoms with Crippen molar-refractivity contribution in [2.24, 2.45) is 0 Å². The van der Waals surface area contributed by atoms with Crippen LogP contribution in [0.5, 0.6) is 0 Å². The molecule has 0 aliphatic carbocycles. The summed E-state index contributed by atoms with van der Waals surface area (Å²) < 4.78 is 3.06. The van der Waals surface area contributed by atoms with Gasteiger partial charge in [-0.1, -0.05) is 39.1 Å². The molecule has 0 aliphatic heterocycles. The Hall–Kier alpha value is -2.52. The second-order valence-corrected chi connectivity index (χ2v) is 8.15. The van der Waals surface area contributed by atoms with Crippen molar-refractivity contribution < 1.29 is 4.79 Å². The largest absolute Gasteiger partial charge is 0.320 e. The lowest BCUT2D eigenvalue weighted by Crippen LogP contribution is -2.13. The van der Waals surface area contributed by atoms with Gasteiger partial charge in [-0.2, -0.15) is 5.26 Å². The van der Waals surface area contributed by atoms with Crippen LogP contribution in [0.1, 0.15) is 17.0 Å². The van der Waals surface area contributed by atoms with Crippen molar-refractivity contribution in [2.75, 3.05) is 5.32 Å². The molecule has 0 atom stereocenters. The van der Waals surface area contributed by atoms with Gasteiger partial charge in [-0.15, -0.1) is 0 Å². The van der Waals surface area contributed by atoms with Crippen LogP contribution < -0.4 is 5.32 Å². The summed E-state index contributed by atoms with van der Waals surface area (Å²) >= 11 is 15.5. The van der Waals surface area contributed by atoms with Crippen LogP contribution in [0.4, 0.5) is 5.69 Å². The van der Waals surface area contributed by atoms with Crippen molar-refractivity contribution in [3.8, 4) is 11.8 Å². The molecule has 0 saturated heterocycles. The molecule has 4 nitrogen and oxygen atoms in total. The smallest absolute Gasteiger partial charge is 0.266 e. The van der Waals surface area contributed by atoms with Gasteiger partial charge < -0.3 is 9.88 Å². The standard InChI is InChI=1S/C22H16BrCl2N3O/c1-13-9-15(14(2)28(13)19-6-3-17(23)4-7-19)10-16(12-26)22(29)27-21-11-18(24)5-8-20(21)25/h3-11H,1-2H3,(H,27,29)/b16-10+. The summed E-state index contributed by atoms with van der Waals surface area (Å²) in [5.74, 6) is -0.551. The fraction of sp³-hybridized carbons (Fsp3) is 0.0909. The minimum atomic E-state index is -0.551. The van der Waals surface area contributed by atoms with Crippen LogP contribution in [-0.2, 0) is 4.79 Å². The molecule has 0 saturated carbocycles. The van der Waals surface area contributed by atoms with Crippen LogP contribution in [0.3, 0.4) is 0 Å². The molecule has 0 spiro atoms. The van der Waals surface area contributed by atoms with Crippen molar-refractivity contribution >= 4 is 56.8 Å². The molecular formula is C22H16BrCl2N3O. The van der Waals surface area contributed by atoms with Crippen molar-refractivity contribution in [3.05, 3.63) is 85.6 Å². The molecule has 29 heavy (non-hydrogen) atoms. The molecule has 0 radical (unpaired) electrons. The first-order valence-electron chi connectivity index (χ1n) is 8.63. The zero-order chi connectivity index (χ0) is 21.1. The van der Waals surface area contributed by atoms with E-state index in [1.54, 1.807) is 18.2 Å². The van der Waals surface area contributed by atoms with Gasteiger partial charge in [-0.05, 0) is 74.0 Å². The van der Waals surface area contributed by atoms with E-state index in [1.165, 1.54) is 6.07 Å². The monoisotopic (exact) mass is 487 g/mol. The molecular weight excluding hydrogens is 473 g/mol. The highest BCUT2D eigenvalue weighted by Crippen LogP contribution is 2.27. The topological polar surface area (TPSA) is 57.8 Å². The Morgan fingerprint density at radius 1 is 1.14 bits per heavy atom. The number of anilines is 1. The van der Waals surface area contributed by atoms with Gasteiger partial charge in [-0.25, -0.2) is 0 Å². The van der Waals surface area contributed by atoms with Crippen LogP contribution >= 0.6 is 39.1 Å². The molecule has 3 aromatic rings. The number of aromatic nitrogens is 1. The number of nitrogens with zero attached hydrogens (tertiary/aromatic N) is 2. The van der Waals surface area contributed by atoms with Crippen LogP contribution in [0.15, 0.2) is 58.6 Å². The number of halogens is 3. The average Bonchev–Trinajstić information content (AvgIpc) is 2.96. The number of hydrogen-bond acceptors (Lipinski definition) is 2. The van der Waals surface area contributed by atoms with Gasteiger partial charge in [0.05, 0.1) is 10.7 Å². The summed E-state index contributed by atoms with van der Waals surface area (Å²) in [5, 5.41) is 12.9. The fourth-order valence-electron chi connectivity index (χ4n) is 3.01. The van der Waals surface area contributed by atoms with E-state index < -0.39 is 5.91 Å². The Kier molecular flexibility index (Phi) is 6.49. The van der Waals surface area contributed by atoms with Crippen LogP contribution in [0, 0.1) is 25.2 Å².